The number of thiazole rings is 1. The van der Waals surface area contributed by atoms with E-state index in [2.05, 4.69) is 15.6 Å². The number of nitrogens with one attached hydrogen (secondary N) is 2. The van der Waals surface area contributed by atoms with Gasteiger partial charge in [0.15, 0.2) is 5.13 Å². The summed E-state index contributed by atoms with van der Waals surface area (Å²) in [5.41, 5.74) is -1.61. The van der Waals surface area contributed by atoms with Gasteiger partial charge in [-0.15, -0.1) is 11.3 Å². The lowest BCUT2D eigenvalue weighted by atomic mass is 10.1. The van der Waals surface area contributed by atoms with Crippen LogP contribution in [-0.2, 0) is 20.6 Å². The van der Waals surface area contributed by atoms with Gasteiger partial charge in [-0.25, -0.2) is 4.98 Å². The van der Waals surface area contributed by atoms with Crippen molar-refractivity contribution in [3.8, 4) is 0 Å². The Morgan fingerprint density at radius 2 is 1.81 bits per heavy atom. The first kappa shape index (κ1) is 24.3. The van der Waals surface area contributed by atoms with Crippen LogP contribution in [0.15, 0.2) is 35.8 Å². The number of carbonyl (C=O) groups is 3. The van der Waals surface area contributed by atoms with Crippen LogP contribution >= 0.6 is 11.3 Å². The quantitative estimate of drug-likeness (QED) is 0.663. The fourth-order valence-electron chi connectivity index (χ4n) is 2.60. The Kier molecular flexibility index (Phi) is 7.77. The Hall–Kier alpha value is -2.95. The number of hydrogen-bond donors (Lipinski definition) is 2. The molecular weight excluding hydrogens is 433 g/mol. The monoisotopic (exact) mass is 456 g/mol. The molecule has 1 aromatic heterocycles. The molecule has 3 amide bonds. The molecule has 0 aliphatic carbocycles. The molecular formula is C20H23F3N4O3S. The number of amides is 3. The average molecular weight is 456 g/mol. The van der Waals surface area contributed by atoms with E-state index in [1.54, 1.807) is 26.2 Å². The van der Waals surface area contributed by atoms with E-state index in [0.29, 0.717) is 5.13 Å². The van der Waals surface area contributed by atoms with Crippen LogP contribution in [0.1, 0.15) is 39.2 Å². The normalized spacial score (nSPS) is 11.7. The van der Waals surface area contributed by atoms with Crippen molar-refractivity contribution in [3.05, 3.63) is 41.4 Å². The number of anilines is 2. The maximum absolute atomic E-state index is 13.1. The van der Waals surface area contributed by atoms with E-state index in [1.807, 2.05) is 0 Å². The van der Waals surface area contributed by atoms with Crippen molar-refractivity contribution >= 4 is 39.9 Å². The van der Waals surface area contributed by atoms with Crippen molar-refractivity contribution in [1.82, 2.24) is 10.3 Å². The maximum atomic E-state index is 13.1. The highest BCUT2D eigenvalue weighted by atomic mass is 32.1. The van der Waals surface area contributed by atoms with Crippen LogP contribution in [0.25, 0.3) is 0 Å². The van der Waals surface area contributed by atoms with Gasteiger partial charge in [-0.3, -0.25) is 14.4 Å². The molecule has 0 unspecified atom stereocenters. The third-order valence-electron chi connectivity index (χ3n) is 3.85. The predicted molar refractivity (Wildman–Crippen MR) is 112 cm³/mol. The highest BCUT2D eigenvalue weighted by Gasteiger charge is 2.32. The SMILES string of the molecule is CC(C)(C)NC(=O)CN(C(=O)CCC(=O)Nc1nccs1)c1cccc(C(F)(F)F)c1. The lowest BCUT2D eigenvalue weighted by Crippen LogP contribution is -2.47. The smallest absolute Gasteiger partial charge is 0.350 e. The summed E-state index contributed by atoms with van der Waals surface area (Å²) in [5, 5.41) is 7.24. The minimum absolute atomic E-state index is 0.0794. The van der Waals surface area contributed by atoms with Crippen LogP contribution < -0.4 is 15.5 Å². The number of aromatic nitrogens is 1. The van der Waals surface area contributed by atoms with Gasteiger partial charge < -0.3 is 15.5 Å². The number of halogens is 3. The molecule has 0 radical (unpaired) electrons. The predicted octanol–water partition coefficient (Wildman–Crippen LogP) is 3.83. The molecule has 2 N–H and O–H groups in total. The van der Waals surface area contributed by atoms with Crippen molar-refractivity contribution in [2.75, 3.05) is 16.8 Å². The van der Waals surface area contributed by atoms with Crippen LogP contribution in [0.4, 0.5) is 24.0 Å². The molecule has 0 spiro atoms. The van der Waals surface area contributed by atoms with Gasteiger partial charge in [0.25, 0.3) is 0 Å². The van der Waals surface area contributed by atoms with E-state index in [0.717, 1.165) is 23.1 Å². The molecule has 0 aliphatic rings. The zero-order chi connectivity index (χ0) is 23.2. The third kappa shape index (κ3) is 8.00. The summed E-state index contributed by atoms with van der Waals surface area (Å²) in [5.74, 6) is -1.66. The van der Waals surface area contributed by atoms with Gasteiger partial charge >= 0.3 is 6.18 Å². The molecule has 0 saturated carbocycles. The summed E-state index contributed by atoms with van der Waals surface area (Å²) < 4.78 is 39.3. The van der Waals surface area contributed by atoms with E-state index >= 15 is 0 Å². The summed E-state index contributed by atoms with van der Waals surface area (Å²) in [6.45, 7) is 4.74. The number of nitrogens with zero attached hydrogens (tertiary/aromatic N) is 2. The molecule has 168 valence electrons. The number of alkyl halides is 3. The molecule has 2 aromatic rings. The largest absolute Gasteiger partial charge is 0.416 e. The van der Waals surface area contributed by atoms with Gasteiger partial charge in [0.1, 0.15) is 6.54 Å². The summed E-state index contributed by atoms with van der Waals surface area (Å²) >= 11 is 1.21. The molecule has 0 atom stereocenters. The van der Waals surface area contributed by atoms with E-state index in [-0.39, 0.29) is 18.5 Å². The van der Waals surface area contributed by atoms with Crippen molar-refractivity contribution < 1.29 is 27.6 Å². The van der Waals surface area contributed by atoms with Crippen LogP contribution in [0.5, 0.6) is 0 Å². The summed E-state index contributed by atoms with van der Waals surface area (Å²) in [6.07, 6.45) is -3.61. The molecule has 1 aromatic carbocycles. The molecule has 0 aliphatic heterocycles. The minimum Gasteiger partial charge on any atom is -0.350 e. The summed E-state index contributed by atoms with van der Waals surface area (Å²) in [7, 11) is 0. The zero-order valence-electron chi connectivity index (χ0n) is 17.2. The van der Waals surface area contributed by atoms with Crippen LogP contribution in [0.2, 0.25) is 0 Å². The molecule has 2 rings (SSSR count). The maximum Gasteiger partial charge on any atom is 0.416 e. The highest BCUT2D eigenvalue weighted by Crippen LogP contribution is 2.32. The van der Waals surface area contributed by atoms with Crippen molar-refractivity contribution in [2.45, 2.75) is 45.3 Å². The Morgan fingerprint density at radius 1 is 1.10 bits per heavy atom. The Morgan fingerprint density at radius 3 is 2.39 bits per heavy atom. The first-order chi connectivity index (χ1) is 14.3. The topological polar surface area (TPSA) is 91.4 Å². The second kappa shape index (κ2) is 9.90. The highest BCUT2D eigenvalue weighted by molar-refractivity contribution is 7.13. The van der Waals surface area contributed by atoms with E-state index < -0.39 is 41.5 Å². The Labute approximate surface area is 181 Å². The fraction of sp³-hybridized carbons (Fsp3) is 0.400. The van der Waals surface area contributed by atoms with Gasteiger partial charge in [0.2, 0.25) is 17.7 Å². The number of hydrogen-bond acceptors (Lipinski definition) is 5. The second-order valence-electron chi connectivity index (χ2n) is 7.71. The third-order valence-corrected chi connectivity index (χ3v) is 4.54. The average Bonchev–Trinajstić information content (AvgIpc) is 3.15. The van der Waals surface area contributed by atoms with E-state index in [1.165, 1.54) is 23.6 Å². The standard InChI is InChI=1S/C20H23F3N4O3S/c1-19(2,3)26-16(29)12-27(14-6-4-5-13(11-14)20(21,22)23)17(30)8-7-15(28)25-18-24-9-10-31-18/h4-6,9-11H,7-8,12H2,1-3H3,(H,26,29)(H,24,25,28). The number of rotatable bonds is 7. The van der Waals surface area contributed by atoms with E-state index in [4.69, 9.17) is 0 Å². The molecule has 0 saturated heterocycles. The zero-order valence-corrected chi connectivity index (χ0v) is 18.1. The van der Waals surface area contributed by atoms with Crippen molar-refractivity contribution in [1.29, 1.82) is 0 Å². The van der Waals surface area contributed by atoms with Gasteiger partial charge in [-0.1, -0.05) is 6.07 Å². The number of benzene rings is 1. The van der Waals surface area contributed by atoms with Gasteiger partial charge in [-0.05, 0) is 39.0 Å². The van der Waals surface area contributed by atoms with Crippen LogP contribution in [0, 0.1) is 0 Å². The van der Waals surface area contributed by atoms with Gasteiger partial charge in [-0.2, -0.15) is 13.2 Å². The van der Waals surface area contributed by atoms with Gasteiger partial charge in [0.05, 0.1) is 5.56 Å². The molecule has 1 heterocycles. The number of carbonyl (C=O) groups excluding carboxylic acids is 3. The molecule has 11 heteroatoms. The molecule has 7 nitrogen and oxygen atoms in total. The fourth-order valence-corrected chi connectivity index (χ4v) is 3.14. The summed E-state index contributed by atoms with van der Waals surface area (Å²) in [4.78, 5) is 42.0. The van der Waals surface area contributed by atoms with Gasteiger partial charge in [0, 0.05) is 35.6 Å². The minimum atomic E-state index is -4.61. The Balaban J connectivity index is 2.17. The van der Waals surface area contributed by atoms with Crippen LogP contribution in [0.3, 0.4) is 0 Å². The second-order valence-corrected chi connectivity index (χ2v) is 8.61. The molecule has 31 heavy (non-hydrogen) atoms. The van der Waals surface area contributed by atoms with Crippen molar-refractivity contribution in [2.24, 2.45) is 0 Å². The summed E-state index contributed by atoms with van der Waals surface area (Å²) in [6, 6.07) is 4.16. The van der Waals surface area contributed by atoms with Crippen molar-refractivity contribution in [3.63, 3.8) is 0 Å². The lowest BCUT2D eigenvalue weighted by Gasteiger charge is -2.26. The molecule has 0 fully saturated rings. The Bertz CT molecular complexity index is 924. The first-order valence-corrected chi connectivity index (χ1v) is 10.2. The first-order valence-electron chi connectivity index (χ1n) is 9.33. The molecule has 0 bridgehead atoms. The van der Waals surface area contributed by atoms with Crippen LogP contribution in [-0.4, -0.2) is 34.8 Å². The lowest BCUT2D eigenvalue weighted by molar-refractivity contribution is -0.137. The van der Waals surface area contributed by atoms with E-state index in [9.17, 15) is 27.6 Å².